The summed E-state index contributed by atoms with van der Waals surface area (Å²) >= 11 is 0. The molecule has 2 N–H and O–H groups in total. The lowest BCUT2D eigenvalue weighted by Crippen LogP contribution is -2.15. The first-order valence-corrected chi connectivity index (χ1v) is 10.8. The van der Waals surface area contributed by atoms with Crippen molar-refractivity contribution in [3.63, 3.8) is 0 Å². The highest BCUT2D eigenvalue weighted by atomic mass is 16.5. The van der Waals surface area contributed by atoms with Crippen LogP contribution >= 0.6 is 0 Å². The van der Waals surface area contributed by atoms with E-state index in [9.17, 15) is 4.79 Å². The predicted molar refractivity (Wildman–Crippen MR) is 123 cm³/mol. The third-order valence-corrected chi connectivity index (χ3v) is 5.59. The third-order valence-electron chi connectivity index (χ3n) is 5.59. The minimum Gasteiger partial charge on any atom is -0.488 e. The lowest BCUT2D eigenvalue weighted by atomic mass is 10.1. The lowest BCUT2D eigenvalue weighted by molar-refractivity contribution is -0.117. The molecule has 1 amide bonds. The van der Waals surface area contributed by atoms with Crippen LogP contribution in [0.5, 0.6) is 5.75 Å². The fourth-order valence-electron chi connectivity index (χ4n) is 3.63. The molecule has 1 aromatic carbocycles. The van der Waals surface area contributed by atoms with Gasteiger partial charge in [0.25, 0.3) is 0 Å². The smallest absolute Gasteiger partial charge is 0.228 e. The molecule has 2 aliphatic rings. The number of nitrogens with zero attached hydrogens (tertiary/aromatic N) is 2. The van der Waals surface area contributed by atoms with Crippen molar-refractivity contribution in [3.8, 4) is 17.6 Å². The summed E-state index contributed by atoms with van der Waals surface area (Å²) in [4.78, 5) is 21.0. The van der Waals surface area contributed by atoms with Crippen molar-refractivity contribution in [3.05, 3.63) is 53.9 Å². The molecule has 0 radical (unpaired) electrons. The second kappa shape index (κ2) is 8.85. The van der Waals surface area contributed by atoms with E-state index in [1.165, 1.54) is 0 Å². The molecule has 32 heavy (non-hydrogen) atoms. The Morgan fingerprint density at radius 1 is 1.09 bits per heavy atom. The molecule has 2 aromatic heterocycles. The van der Waals surface area contributed by atoms with Crippen molar-refractivity contribution >= 4 is 28.3 Å². The van der Waals surface area contributed by atoms with Crippen LogP contribution in [0.15, 0.2) is 42.7 Å². The number of fused-ring (bicyclic) bond motifs is 1. The molecule has 1 atom stereocenters. The average Bonchev–Trinajstić information content (AvgIpc) is 3.55. The van der Waals surface area contributed by atoms with E-state index in [-0.39, 0.29) is 17.9 Å². The van der Waals surface area contributed by atoms with E-state index in [1.807, 2.05) is 37.4 Å². The van der Waals surface area contributed by atoms with Gasteiger partial charge in [-0.1, -0.05) is 11.8 Å². The number of hydrogen-bond donors (Lipinski definition) is 2. The fraction of sp³-hybridized carbons (Fsp3) is 0.320. The number of pyridine rings is 2. The van der Waals surface area contributed by atoms with Gasteiger partial charge in [-0.25, -0.2) is 9.97 Å². The zero-order chi connectivity index (χ0) is 21.9. The zero-order valence-corrected chi connectivity index (χ0v) is 17.9. The van der Waals surface area contributed by atoms with Crippen molar-refractivity contribution in [2.24, 2.45) is 5.92 Å². The SMILES string of the molecule is CNc1ncc(C#Cc2ccc(OC3CCOC3)cc2)c2cc(NC(=O)C3CC3)ncc12. The molecular weight excluding hydrogens is 404 g/mol. The van der Waals surface area contributed by atoms with Crippen LogP contribution in [0.2, 0.25) is 0 Å². The Balaban J connectivity index is 1.40. The van der Waals surface area contributed by atoms with Gasteiger partial charge in [0.15, 0.2) is 0 Å². The Labute approximate surface area is 186 Å². The van der Waals surface area contributed by atoms with Gasteiger partial charge in [-0.2, -0.15) is 0 Å². The predicted octanol–water partition coefficient (Wildman–Crippen LogP) is 3.59. The average molecular weight is 428 g/mol. The number of anilines is 2. The maximum absolute atomic E-state index is 12.1. The van der Waals surface area contributed by atoms with E-state index in [1.54, 1.807) is 12.4 Å². The summed E-state index contributed by atoms with van der Waals surface area (Å²) < 4.78 is 11.3. The van der Waals surface area contributed by atoms with E-state index >= 15 is 0 Å². The van der Waals surface area contributed by atoms with Gasteiger partial charge in [-0.15, -0.1) is 0 Å². The molecule has 7 nitrogen and oxygen atoms in total. The van der Waals surface area contributed by atoms with E-state index in [2.05, 4.69) is 32.4 Å². The number of carbonyl (C=O) groups excluding carboxylic acids is 1. The van der Waals surface area contributed by atoms with Gasteiger partial charge < -0.3 is 20.1 Å². The Morgan fingerprint density at radius 2 is 1.94 bits per heavy atom. The molecule has 0 spiro atoms. The van der Waals surface area contributed by atoms with Crippen LogP contribution in [0.4, 0.5) is 11.6 Å². The summed E-state index contributed by atoms with van der Waals surface area (Å²) in [5, 5.41) is 7.74. The standard InChI is InChI=1S/C25H24N4O3/c1-26-24-22-14-27-23(29-25(30)17-6-7-17)12-21(22)18(13-28-24)5-2-16-3-8-19(9-4-16)32-20-10-11-31-15-20/h3-4,8-9,12-14,17,20H,6-7,10-11,15H2,1H3,(H,26,28)(H,27,29,30). The van der Waals surface area contributed by atoms with Gasteiger partial charge in [0.1, 0.15) is 23.5 Å². The van der Waals surface area contributed by atoms with Gasteiger partial charge in [-0.3, -0.25) is 4.79 Å². The zero-order valence-electron chi connectivity index (χ0n) is 17.9. The van der Waals surface area contributed by atoms with Gasteiger partial charge >= 0.3 is 0 Å². The van der Waals surface area contributed by atoms with E-state index in [4.69, 9.17) is 9.47 Å². The minimum atomic E-state index is 0.0267. The number of amides is 1. The molecule has 3 heterocycles. The molecule has 7 heteroatoms. The summed E-state index contributed by atoms with van der Waals surface area (Å²) in [6.07, 6.45) is 6.40. The molecular formula is C25H24N4O3. The second-order valence-corrected chi connectivity index (χ2v) is 8.03. The normalized spacial score (nSPS) is 17.5. The summed E-state index contributed by atoms with van der Waals surface area (Å²) in [7, 11) is 1.82. The van der Waals surface area contributed by atoms with Crippen molar-refractivity contribution < 1.29 is 14.3 Å². The first kappa shape index (κ1) is 20.3. The van der Waals surface area contributed by atoms with Gasteiger partial charge in [0.2, 0.25) is 5.91 Å². The Bertz CT molecular complexity index is 1200. The van der Waals surface area contributed by atoms with Crippen LogP contribution < -0.4 is 15.4 Å². The second-order valence-electron chi connectivity index (χ2n) is 8.03. The highest BCUT2D eigenvalue weighted by Gasteiger charge is 2.29. The first-order chi connectivity index (χ1) is 15.7. The van der Waals surface area contributed by atoms with E-state index < -0.39 is 0 Å². The molecule has 162 valence electrons. The fourth-order valence-corrected chi connectivity index (χ4v) is 3.63. The maximum atomic E-state index is 12.1. The number of nitrogens with one attached hydrogen (secondary N) is 2. The van der Waals surface area contributed by atoms with Crippen molar-refractivity contribution in [2.45, 2.75) is 25.4 Å². The summed E-state index contributed by atoms with van der Waals surface area (Å²) in [5.74, 6) is 8.63. The number of carbonyl (C=O) groups is 1. The number of hydrogen-bond acceptors (Lipinski definition) is 6. The van der Waals surface area contributed by atoms with Gasteiger partial charge in [0, 0.05) is 48.1 Å². The topological polar surface area (TPSA) is 85.4 Å². The van der Waals surface area contributed by atoms with Crippen LogP contribution in [-0.2, 0) is 9.53 Å². The molecule has 1 aliphatic heterocycles. The van der Waals surface area contributed by atoms with Crippen molar-refractivity contribution in [1.29, 1.82) is 0 Å². The molecule has 1 aliphatic carbocycles. The molecule has 1 unspecified atom stereocenters. The number of benzene rings is 1. The monoisotopic (exact) mass is 428 g/mol. The summed E-state index contributed by atoms with van der Waals surface area (Å²) in [6, 6.07) is 9.61. The molecule has 0 bridgehead atoms. The van der Waals surface area contributed by atoms with Crippen molar-refractivity contribution in [2.75, 3.05) is 30.9 Å². The van der Waals surface area contributed by atoms with Crippen LogP contribution in [-0.4, -0.2) is 42.2 Å². The molecule has 1 saturated heterocycles. The maximum Gasteiger partial charge on any atom is 0.228 e. The van der Waals surface area contributed by atoms with E-state index in [0.717, 1.165) is 59.3 Å². The molecule has 3 aromatic rings. The van der Waals surface area contributed by atoms with Crippen LogP contribution in [0.25, 0.3) is 10.8 Å². The number of rotatable bonds is 5. The molecule has 1 saturated carbocycles. The Kier molecular flexibility index (Phi) is 5.61. The van der Waals surface area contributed by atoms with Gasteiger partial charge in [0.05, 0.1) is 18.8 Å². The first-order valence-electron chi connectivity index (χ1n) is 10.8. The van der Waals surface area contributed by atoms with E-state index in [0.29, 0.717) is 12.4 Å². The molecule has 2 fully saturated rings. The Morgan fingerprint density at radius 3 is 2.66 bits per heavy atom. The lowest BCUT2D eigenvalue weighted by Gasteiger charge is -2.11. The largest absolute Gasteiger partial charge is 0.488 e. The summed E-state index contributed by atoms with van der Waals surface area (Å²) in [6.45, 7) is 1.40. The van der Waals surface area contributed by atoms with Gasteiger partial charge in [-0.05, 0) is 43.2 Å². The minimum absolute atomic E-state index is 0.0267. The quantitative estimate of drug-likeness (QED) is 0.604. The van der Waals surface area contributed by atoms with Crippen LogP contribution in [0, 0.1) is 17.8 Å². The number of aromatic nitrogens is 2. The molecule has 5 rings (SSSR count). The summed E-state index contributed by atoms with van der Waals surface area (Å²) in [5.41, 5.74) is 1.65. The number of ether oxygens (including phenoxy) is 2. The third kappa shape index (κ3) is 4.51. The highest BCUT2D eigenvalue weighted by molar-refractivity contribution is 5.99. The highest BCUT2D eigenvalue weighted by Crippen LogP contribution is 2.31. The van der Waals surface area contributed by atoms with Crippen LogP contribution in [0.1, 0.15) is 30.4 Å². The van der Waals surface area contributed by atoms with Crippen molar-refractivity contribution in [1.82, 2.24) is 9.97 Å². The Hall–Kier alpha value is -3.63. The van der Waals surface area contributed by atoms with Crippen LogP contribution in [0.3, 0.4) is 0 Å².